The zero-order chi connectivity index (χ0) is 17.5. The van der Waals surface area contributed by atoms with E-state index >= 15 is 0 Å². The minimum absolute atomic E-state index is 0. The molecule has 5 nitrogen and oxygen atoms in total. The number of aromatic nitrogens is 2. The molecule has 2 aromatic heterocycles. The third kappa shape index (κ3) is 9.29. The molecular weight excluding hydrogens is 386 g/mol. The minimum Gasteiger partial charge on any atom is -1.00 e. The van der Waals surface area contributed by atoms with Crippen LogP contribution in [0.4, 0.5) is 0 Å². The summed E-state index contributed by atoms with van der Waals surface area (Å²) in [6, 6.07) is 4.04. The lowest BCUT2D eigenvalue weighted by Gasteiger charge is -2.23. The number of ether oxygens (including phenoxy) is 1. The second-order valence-corrected chi connectivity index (χ2v) is 8.44. The fraction of sp³-hybridized carbons (Fsp3) is 0.400. The molecule has 2 heterocycles. The van der Waals surface area contributed by atoms with Crippen LogP contribution >= 0.6 is 34.9 Å². The maximum atomic E-state index is 10.9. The Balaban J connectivity index is 0.000000423. The van der Waals surface area contributed by atoms with Crippen molar-refractivity contribution in [2.75, 3.05) is 34.3 Å². The van der Waals surface area contributed by atoms with E-state index in [9.17, 15) is 4.79 Å². The Morgan fingerprint density at radius 1 is 1.46 bits per heavy atom. The Bertz CT molecular complexity index is 687. The Morgan fingerprint density at radius 3 is 2.54 bits per heavy atom. The molecule has 0 bridgehead atoms. The number of hydrogen-bond donors (Lipinski definition) is 1. The molecular formula is C15H22ClN3O2S3. The molecule has 9 heteroatoms. The highest BCUT2D eigenvalue weighted by molar-refractivity contribution is 7.73. The Morgan fingerprint density at radius 2 is 2.12 bits per heavy atom. The number of hydrogen-bond acceptors (Lipinski definition) is 6. The first-order valence-corrected chi connectivity index (χ1v) is 9.02. The van der Waals surface area contributed by atoms with Crippen molar-refractivity contribution < 1.29 is 26.4 Å². The SMILES string of the molecule is C=C(C)C(=O)OCC[N+](C)(C)C.S=c1[nH]nc(-c2cccs2)s1.[Cl-]. The number of likely N-dealkylation sites (N-methyl/N-ethyl adjacent to an activating group) is 1. The van der Waals surface area contributed by atoms with Gasteiger partial charge < -0.3 is 21.6 Å². The van der Waals surface area contributed by atoms with Crippen LogP contribution in [0.15, 0.2) is 29.7 Å². The van der Waals surface area contributed by atoms with Crippen LogP contribution in [0.25, 0.3) is 9.88 Å². The number of halogens is 1. The predicted octanol–water partition coefficient (Wildman–Crippen LogP) is 0.745. The van der Waals surface area contributed by atoms with Crippen LogP contribution in [0.3, 0.4) is 0 Å². The molecule has 24 heavy (non-hydrogen) atoms. The van der Waals surface area contributed by atoms with E-state index in [0.29, 0.717) is 12.2 Å². The highest BCUT2D eigenvalue weighted by Crippen LogP contribution is 2.25. The quantitative estimate of drug-likeness (QED) is 0.344. The summed E-state index contributed by atoms with van der Waals surface area (Å²) in [6.07, 6.45) is 0. The smallest absolute Gasteiger partial charge is 0.333 e. The number of nitrogens with one attached hydrogen (secondary N) is 1. The Hall–Kier alpha value is -1.06. The van der Waals surface area contributed by atoms with Crippen molar-refractivity contribution in [3.05, 3.63) is 33.6 Å². The highest BCUT2D eigenvalue weighted by atomic mass is 35.5. The lowest BCUT2D eigenvalue weighted by molar-refractivity contribution is -0.870. The maximum Gasteiger partial charge on any atom is 0.333 e. The van der Waals surface area contributed by atoms with E-state index in [1.807, 2.05) is 17.5 Å². The van der Waals surface area contributed by atoms with Crippen molar-refractivity contribution in [1.29, 1.82) is 0 Å². The van der Waals surface area contributed by atoms with Gasteiger partial charge in [-0.1, -0.05) is 24.0 Å². The molecule has 0 aromatic carbocycles. The van der Waals surface area contributed by atoms with Gasteiger partial charge in [0.2, 0.25) is 0 Å². The van der Waals surface area contributed by atoms with Gasteiger partial charge in [-0.05, 0) is 30.6 Å². The summed E-state index contributed by atoms with van der Waals surface area (Å²) in [5.74, 6) is -0.302. The molecule has 0 aliphatic heterocycles. The van der Waals surface area contributed by atoms with Gasteiger partial charge in [-0.25, -0.2) is 4.79 Å². The van der Waals surface area contributed by atoms with E-state index < -0.39 is 0 Å². The van der Waals surface area contributed by atoms with E-state index in [2.05, 4.69) is 37.9 Å². The van der Waals surface area contributed by atoms with E-state index in [4.69, 9.17) is 17.0 Å². The van der Waals surface area contributed by atoms with Gasteiger partial charge in [-0.3, -0.25) is 5.10 Å². The number of aromatic amines is 1. The third-order valence-electron chi connectivity index (χ3n) is 2.51. The van der Waals surface area contributed by atoms with Crippen molar-refractivity contribution in [2.45, 2.75) is 6.92 Å². The Kier molecular flexibility index (Phi) is 10.3. The van der Waals surface area contributed by atoms with E-state index in [-0.39, 0.29) is 18.4 Å². The highest BCUT2D eigenvalue weighted by Gasteiger charge is 2.09. The van der Waals surface area contributed by atoms with Gasteiger partial charge in [-0.2, -0.15) is 5.10 Å². The first kappa shape index (κ1) is 22.9. The summed E-state index contributed by atoms with van der Waals surface area (Å²) in [5.41, 5.74) is 0.455. The van der Waals surface area contributed by atoms with Gasteiger partial charge in [-0.15, -0.1) is 11.3 Å². The molecule has 2 rings (SSSR count). The normalized spacial score (nSPS) is 10.2. The number of quaternary nitrogens is 1. The van der Waals surface area contributed by atoms with Crippen LogP contribution in [0, 0.1) is 3.95 Å². The molecule has 0 amide bonds. The fourth-order valence-corrected chi connectivity index (χ4v) is 2.96. The van der Waals surface area contributed by atoms with E-state index in [1.54, 1.807) is 18.3 Å². The molecule has 1 N–H and O–H groups in total. The number of thiophene rings is 1. The average Bonchev–Trinajstić information content (AvgIpc) is 3.08. The molecule has 0 spiro atoms. The molecule has 0 aliphatic rings. The summed E-state index contributed by atoms with van der Waals surface area (Å²) in [4.78, 5) is 12.1. The van der Waals surface area contributed by atoms with Crippen LogP contribution in [0.5, 0.6) is 0 Å². The molecule has 0 unspecified atom stereocenters. The second-order valence-electron chi connectivity index (χ2n) is 5.83. The lowest BCUT2D eigenvalue weighted by atomic mass is 10.4. The largest absolute Gasteiger partial charge is 1.00 e. The molecule has 134 valence electrons. The van der Waals surface area contributed by atoms with Crippen molar-refractivity contribution >= 4 is 40.9 Å². The summed E-state index contributed by atoms with van der Waals surface area (Å²) in [5, 5.41) is 9.81. The zero-order valence-electron chi connectivity index (χ0n) is 14.2. The number of rotatable bonds is 5. The fourth-order valence-electron chi connectivity index (χ4n) is 1.27. The molecule has 2 aromatic rings. The van der Waals surface area contributed by atoms with Gasteiger partial charge >= 0.3 is 5.97 Å². The molecule has 0 fully saturated rings. The minimum atomic E-state index is -0.302. The molecule has 0 aliphatic carbocycles. The van der Waals surface area contributed by atoms with Crippen LogP contribution in [-0.2, 0) is 9.53 Å². The topological polar surface area (TPSA) is 55.0 Å². The van der Waals surface area contributed by atoms with Crippen molar-refractivity contribution in [1.82, 2.24) is 10.2 Å². The van der Waals surface area contributed by atoms with Crippen LogP contribution in [0.2, 0.25) is 0 Å². The first-order chi connectivity index (χ1) is 10.7. The second kappa shape index (κ2) is 10.7. The number of carbonyl (C=O) groups excluding carboxylic acids is 1. The van der Waals surface area contributed by atoms with E-state index in [1.165, 1.54) is 16.2 Å². The van der Waals surface area contributed by atoms with Gasteiger partial charge in [0, 0.05) is 5.57 Å². The molecule has 0 atom stereocenters. The zero-order valence-corrected chi connectivity index (χ0v) is 17.4. The monoisotopic (exact) mass is 407 g/mol. The average molecular weight is 408 g/mol. The Labute approximate surface area is 162 Å². The third-order valence-corrected chi connectivity index (χ3v) is 4.64. The summed E-state index contributed by atoms with van der Waals surface area (Å²) in [6.45, 7) is 6.41. The number of H-pyrrole nitrogens is 1. The maximum absolute atomic E-state index is 10.9. The van der Waals surface area contributed by atoms with Gasteiger partial charge in [0.25, 0.3) is 0 Å². The number of nitrogens with zero attached hydrogens (tertiary/aromatic N) is 2. The summed E-state index contributed by atoms with van der Waals surface area (Å²) >= 11 is 8.09. The van der Waals surface area contributed by atoms with Crippen LogP contribution < -0.4 is 12.4 Å². The van der Waals surface area contributed by atoms with Crippen molar-refractivity contribution in [3.63, 3.8) is 0 Å². The molecule has 0 saturated heterocycles. The lowest BCUT2D eigenvalue weighted by Crippen LogP contribution is -3.00. The van der Waals surface area contributed by atoms with Crippen molar-refractivity contribution in [3.8, 4) is 9.88 Å². The number of carbonyl (C=O) groups is 1. The number of esters is 1. The first-order valence-electron chi connectivity index (χ1n) is 6.91. The van der Waals surface area contributed by atoms with E-state index in [0.717, 1.165) is 20.0 Å². The predicted molar refractivity (Wildman–Crippen MR) is 99.3 cm³/mol. The molecule has 0 saturated carbocycles. The van der Waals surface area contributed by atoms with Crippen molar-refractivity contribution in [2.24, 2.45) is 0 Å². The van der Waals surface area contributed by atoms with Crippen LogP contribution in [-0.4, -0.2) is 54.9 Å². The summed E-state index contributed by atoms with van der Waals surface area (Å²) < 4.78 is 6.45. The van der Waals surface area contributed by atoms with Gasteiger partial charge in [0.15, 0.2) is 8.96 Å². The van der Waals surface area contributed by atoms with Gasteiger partial charge in [0.05, 0.1) is 26.0 Å². The van der Waals surface area contributed by atoms with Crippen LogP contribution in [0.1, 0.15) is 6.92 Å². The summed E-state index contributed by atoms with van der Waals surface area (Å²) in [7, 11) is 6.15. The van der Waals surface area contributed by atoms with Gasteiger partial charge in [0.1, 0.15) is 13.2 Å². The molecule has 0 radical (unpaired) electrons. The standard InChI is InChI=1S/C9H18NO2.C6H4N2S3.ClH/c1-8(2)9(11)12-7-6-10(3,4)5;9-6-8-7-5(11-6)4-2-1-3-10-4;/h1,6-7H2,2-5H3;1-3H,(H,8,9);1H/q+1;;/p-1.